The molecule has 1 aromatic carbocycles. The molecule has 4 amide bonds. The number of hydrogen-bond donors (Lipinski definition) is 1. The first-order valence-corrected chi connectivity index (χ1v) is 8.67. The second kappa shape index (κ2) is 7.51. The minimum Gasteiger partial charge on any atom is -0.501 e. The van der Waals surface area contributed by atoms with E-state index in [1.165, 1.54) is 6.26 Å². The third kappa shape index (κ3) is 3.24. The number of carbonyl (C=O) groups excluding carboxylic acids is 4. The Morgan fingerprint density at radius 3 is 2.77 bits per heavy atom. The van der Waals surface area contributed by atoms with Gasteiger partial charge in [0.1, 0.15) is 6.04 Å². The van der Waals surface area contributed by atoms with Gasteiger partial charge < -0.3 is 4.74 Å². The van der Waals surface area contributed by atoms with Crippen LogP contribution >= 0.6 is 0 Å². The first kappa shape index (κ1) is 17.8. The maximum atomic E-state index is 12.9. The van der Waals surface area contributed by atoms with Crippen LogP contribution in [-0.4, -0.2) is 41.2 Å². The van der Waals surface area contributed by atoms with Crippen molar-refractivity contribution in [2.75, 3.05) is 6.61 Å². The van der Waals surface area contributed by atoms with Gasteiger partial charge in [-0.2, -0.15) is 0 Å². The smallest absolute Gasteiger partial charge is 0.262 e. The van der Waals surface area contributed by atoms with Crippen molar-refractivity contribution < 1.29 is 23.9 Å². The average molecular weight is 356 g/mol. The van der Waals surface area contributed by atoms with Gasteiger partial charge in [0.25, 0.3) is 11.8 Å². The quantitative estimate of drug-likeness (QED) is 0.477. The van der Waals surface area contributed by atoms with Gasteiger partial charge >= 0.3 is 0 Å². The zero-order valence-corrected chi connectivity index (χ0v) is 14.5. The van der Waals surface area contributed by atoms with E-state index in [0.717, 1.165) is 17.7 Å². The summed E-state index contributed by atoms with van der Waals surface area (Å²) in [5, 5.41) is 2.18. The highest BCUT2D eigenvalue weighted by molar-refractivity contribution is 6.24. The van der Waals surface area contributed by atoms with Gasteiger partial charge in [-0.15, -0.1) is 0 Å². The van der Waals surface area contributed by atoms with Crippen molar-refractivity contribution in [3.63, 3.8) is 0 Å². The van der Waals surface area contributed by atoms with E-state index in [-0.39, 0.29) is 24.0 Å². The van der Waals surface area contributed by atoms with Crippen LogP contribution in [0.2, 0.25) is 0 Å². The highest BCUT2D eigenvalue weighted by Crippen LogP contribution is 2.30. The molecule has 0 saturated carbocycles. The maximum absolute atomic E-state index is 12.9. The summed E-state index contributed by atoms with van der Waals surface area (Å²) in [4.78, 5) is 49.9. The number of fused-ring (bicyclic) bond motifs is 1. The molecule has 1 aromatic rings. The van der Waals surface area contributed by atoms with Gasteiger partial charge in [0.2, 0.25) is 11.8 Å². The van der Waals surface area contributed by atoms with Crippen LogP contribution in [0.5, 0.6) is 0 Å². The summed E-state index contributed by atoms with van der Waals surface area (Å²) < 4.78 is 5.38. The molecule has 26 heavy (non-hydrogen) atoms. The van der Waals surface area contributed by atoms with Crippen molar-refractivity contribution >= 4 is 29.7 Å². The number of piperidine rings is 1. The monoisotopic (exact) mass is 356 g/mol. The number of benzene rings is 1. The first-order chi connectivity index (χ1) is 12.5. The Balaban J connectivity index is 1.85. The zero-order chi connectivity index (χ0) is 18.7. The normalized spacial score (nSPS) is 19.9. The number of ether oxygens (including phenoxy) is 1. The molecule has 0 spiro atoms. The number of rotatable bonds is 6. The molecule has 7 heteroatoms. The lowest BCUT2D eigenvalue weighted by atomic mass is 10.0. The van der Waals surface area contributed by atoms with Gasteiger partial charge in [-0.25, -0.2) is 0 Å². The zero-order valence-electron chi connectivity index (χ0n) is 14.5. The highest BCUT2D eigenvalue weighted by atomic mass is 16.5. The molecule has 2 aliphatic rings. The van der Waals surface area contributed by atoms with Crippen LogP contribution in [0.3, 0.4) is 0 Å². The lowest BCUT2D eigenvalue weighted by molar-refractivity contribution is -0.136. The van der Waals surface area contributed by atoms with Gasteiger partial charge in [0, 0.05) is 6.42 Å². The largest absolute Gasteiger partial charge is 0.501 e. The van der Waals surface area contributed by atoms with E-state index in [4.69, 9.17) is 4.74 Å². The second-order valence-electron chi connectivity index (χ2n) is 6.24. The number of nitrogens with one attached hydrogen (secondary N) is 1. The van der Waals surface area contributed by atoms with E-state index in [0.29, 0.717) is 12.2 Å². The van der Waals surface area contributed by atoms with E-state index >= 15 is 0 Å². The van der Waals surface area contributed by atoms with Crippen LogP contribution in [0.25, 0.3) is 6.08 Å². The van der Waals surface area contributed by atoms with Crippen molar-refractivity contribution in [2.45, 2.75) is 38.6 Å². The summed E-state index contributed by atoms with van der Waals surface area (Å²) >= 11 is 0. The molecule has 0 aliphatic carbocycles. The average Bonchev–Trinajstić information content (AvgIpc) is 2.87. The Kier molecular flexibility index (Phi) is 5.16. The number of amides is 4. The Morgan fingerprint density at radius 2 is 2.04 bits per heavy atom. The third-order valence-corrected chi connectivity index (χ3v) is 4.46. The molecule has 2 heterocycles. The molecule has 0 radical (unpaired) electrons. The fourth-order valence-electron chi connectivity index (χ4n) is 3.10. The van der Waals surface area contributed by atoms with Crippen molar-refractivity contribution in [1.29, 1.82) is 0 Å². The summed E-state index contributed by atoms with van der Waals surface area (Å²) in [5.41, 5.74) is 1.08. The SMILES string of the molecule is CCCCO/C=C/c1cccc2c1C(=O)N(C1CCC(=O)NC1=O)C2=O. The summed E-state index contributed by atoms with van der Waals surface area (Å²) in [6, 6.07) is 4.01. The van der Waals surface area contributed by atoms with Crippen LogP contribution in [-0.2, 0) is 14.3 Å². The summed E-state index contributed by atoms with van der Waals surface area (Å²) in [5.74, 6) is -2.04. The molecule has 1 unspecified atom stereocenters. The summed E-state index contributed by atoms with van der Waals surface area (Å²) in [6.45, 7) is 2.64. The number of unbranched alkanes of at least 4 members (excludes halogenated alkanes) is 1. The van der Waals surface area contributed by atoms with Gasteiger partial charge in [-0.1, -0.05) is 25.5 Å². The molecule has 7 nitrogen and oxygen atoms in total. The molecule has 0 aromatic heterocycles. The van der Waals surface area contributed by atoms with E-state index in [9.17, 15) is 19.2 Å². The predicted octanol–water partition coefficient (Wildman–Crippen LogP) is 1.88. The van der Waals surface area contributed by atoms with Gasteiger partial charge in [0.15, 0.2) is 0 Å². The van der Waals surface area contributed by atoms with E-state index in [1.54, 1.807) is 24.3 Å². The molecule has 136 valence electrons. The topological polar surface area (TPSA) is 92.8 Å². The maximum Gasteiger partial charge on any atom is 0.262 e. The molecule has 1 N–H and O–H groups in total. The Labute approximate surface area is 151 Å². The fourth-order valence-corrected chi connectivity index (χ4v) is 3.10. The van der Waals surface area contributed by atoms with Crippen molar-refractivity contribution in [3.05, 3.63) is 41.2 Å². The third-order valence-electron chi connectivity index (χ3n) is 4.46. The molecule has 0 bridgehead atoms. The lowest BCUT2D eigenvalue weighted by Gasteiger charge is -2.27. The van der Waals surface area contributed by atoms with Crippen LogP contribution < -0.4 is 5.32 Å². The summed E-state index contributed by atoms with van der Waals surface area (Å²) in [7, 11) is 0. The van der Waals surface area contributed by atoms with E-state index < -0.39 is 29.7 Å². The van der Waals surface area contributed by atoms with Crippen molar-refractivity contribution in [3.8, 4) is 0 Å². The van der Waals surface area contributed by atoms with Gasteiger partial charge in [-0.05, 0) is 30.5 Å². The predicted molar refractivity (Wildman–Crippen MR) is 93.0 cm³/mol. The van der Waals surface area contributed by atoms with Crippen molar-refractivity contribution in [1.82, 2.24) is 10.2 Å². The van der Waals surface area contributed by atoms with Crippen LogP contribution in [0, 0.1) is 0 Å². The molecule has 1 saturated heterocycles. The fraction of sp³-hybridized carbons (Fsp3) is 0.368. The van der Waals surface area contributed by atoms with Crippen LogP contribution in [0.1, 0.15) is 58.9 Å². The van der Waals surface area contributed by atoms with E-state index in [2.05, 4.69) is 12.2 Å². The van der Waals surface area contributed by atoms with Crippen molar-refractivity contribution in [2.24, 2.45) is 0 Å². The standard InChI is InChI=1S/C19H20N2O5/c1-2-3-10-26-11-9-12-5-4-6-13-16(12)19(25)21(18(13)24)14-7-8-15(22)20-17(14)23/h4-6,9,11,14H,2-3,7-8,10H2,1H3,(H,20,22,23)/b11-9+. The molecule has 1 fully saturated rings. The Bertz CT molecular complexity index is 799. The van der Waals surface area contributed by atoms with E-state index in [1.807, 2.05) is 0 Å². The number of hydrogen-bond acceptors (Lipinski definition) is 5. The van der Waals surface area contributed by atoms with Gasteiger partial charge in [0.05, 0.1) is 24.0 Å². The second-order valence-corrected chi connectivity index (χ2v) is 6.24. The molecular weight excluding hydrogens is 336 g/mol. The van der Waals surface area contributed by atoms with Gasteiger partial charge in [-0.3, -0.25) is 29.4 Å². The van der Waals surface area contributed by atoms with Crippen LogP contribution in [0.15, 0.2) is 24.5 Å². The number of carbonyl (C=O) groups is 4. The first-order valence-electron chi connectivity index (χ1n) is 8.67. The molecule has 1 atom stereocenters. The minimum atomic E-state index is -0.960. The highest BCUT2D eigenvalue weighted by Gasteiger charge is 2.45. The van der Waals surface area contributed by atoms with Crippen LogP contribution in [0.4, 0.5) is 0 Å². The minimum absolute atomic E-state index is 0.0990. The molecular formula is C19H20N2O5. The Morgan fingerprint density at radius 1 is 1.23 bits per heavy atom. The number of imide groups is 2. The summed E-state index contributed by atoms with van der Waals surface area (Å²) in [6.07, 6.45) is 5.34. The molecule has 2 aliphatic heterocycles. The Hall–Kier alpha value is -2.96. The number of nitrogens with zero attached hydrogens (tertiary/aromatic N) is 1. The lowest BCUT2D eigenvalue weighted by Crippen LogP contribution is -2.54. The molecule has 3 rings (SSSR count).